The summed E-state index contributed by atoms with van der Waals surface area (Å²) in [5.41, 5.74) is 1.97. The summed E-state index contributed by atoms with van der Waals surface area (Å²) in [5.74, 6) is -0.215. The van der Waals surface area contributed by atoms with Crippen molar-refractivity contribution in [1.82, 2.24) is 4.98 Å². The van der Waals surface area contributed by atoms with Gasteiger partial charge in [0.2, 0.25) is 0 Å². The van der Waals surface area contributed by atoms with Gasteiger partial charge in [0.1, 0.15) is 16.5 Å². The first-order valence-corrected chi connectivity index (χ1v) is 8.49. The van der Waals surface area contributed by atoms with Crippen molar-refractivity contribution in [2.45, 2.75) is 18.7 Å². The molecule has 1 aromatic carbocycles. The summed E-state index contributed by atoms with van der Waals surface area (Å²) in [6.45, 7) is 3.69. The van der Waals surface area contributed by atoms with Crippen LogP contribution in [0.2, 0.25) is 0 Å². The minimum Gasteiger partial charge on any atom is -0.495 e. The Morgan fingerprint density at radius 1 is 1.12 bits per heavy atom. The maximum Gasteiger partial charge on any atom is 0.339 e. The van der Waals surface area contributed by atoms with Crippen LogP contribution in [-0.4, -0.2) is 33.6 Å². The molecule has 0 fully saturated rings. The minimum absolute atomic E-state index is 0.0203. The molecule has 0 saturated heterocycles. The van der Waals surface area contributed by atoms with Gasteiger partial charge in [0.05, 0.1) is 19.8 Å². The SMILES string of the molecule is COC(=O)c1ccc(NS(=O)(=O)c2cc(C)c(C)cc2OC)nc1. The van der Waals surface area contributed by atoms with Crippen LogP contribution >= 0.6 is 0 Å². The Morgan fingerprint density at radius 2 is 1.79 bits per heavy atom. The number of carbonyl (C=O) groups is 1. The molecule has 24 heavy (non-hydrogen) atoms. The van der Waals surface area contributed by atoms with E-state index in [1.165, 1.54) is 32.5 Å². The van der Waals surface area contributed by atoms with Crippen LogP contribution < -0.4 is 9.46 Å². The second-order valence-electron chi connectivity index (χ2n) is 5.12. The van der Waals surface area contributed by atoms with Crippen molar-refractivity contribution in [3.8, 4) is 5.75 Å². The van der Waals surface area contributed by atoms with E-state index in [1.807, 2.05) is 13.8 Å². The highest BCUT2D eigenvalue weighted by Crippen LogP contribution is 2.28. The third-order valence-electron chi connectivity index (χ3n) is 3.49. The van der Waals surface area contributed by atoms with Crippen LogP contribution in [0.4, 0.5) is 5.82 Å². The predicted molar refractivity (Wildman–Crippen MR) is 88.9 cm³/mol. The number of benzene rings is 1. The molecule has 0 aliphatic carbocycles. The third-order valence-corrected chi connectivity index (χ3v) is 4.87. The quantitative estimate of drug-likeness (QED) is 0.832. The maximum absolute atomic E-state index is 12.6. The lowest BCUT2D eigenvalue weighted by atomic mass is 10.1. The number of nitrogens with zero attached hydrogens (tertiary/aromatic N) is 1. The van der Waals surface area contributed by atoms with Gasteiger partial charge in [-0.05, 0) is 49.2 Å². The molecule has 0 unspecified atom stereocenters. The molecular formula is C16H18N2O5S. The van der Waals surface area contributed by atoms with Gasteiger partial charge < -0.3 is 9.47 Å². The van der Waals surface area contributed by atoms with E-state index in [0.29, 0.717) is 0 Å². The van der Waals surface area contributed by atoms with Crippen LogP contribution in [0.1, 0.15) is 21.5 Å². The standard InChI is InChI=1S/C16H18N2O5S/c1-10-7-13(22-3)14(8-11(10)2)24(20,21)18-15-6-5-12(9-17-15)16(19)23-4/h5-9H,1-4H3,(H,17,18). The number of methoxy groups -OCH3 is 2. The van der Waals surface area contributed by atoms with Gasteiger partial charge in [-0.1, -0.05) is 0 Å². The summed E-state index contributed by atoms with van der Waals surface area (Å²) >= 11 is 0. The van der Waals surface area contributed by atoms with Crippen LogP contribution in [0.15, 0.2) is 35.4 Å². The van der Waals surface area contributed by atoms with Gasteiger partial charge in [-0.3, -0.25) is 4.72 Å². The Labute approximate surface area is 140 Å². The van der Waals surface area contributed by atoms with Gasteiger partial charge in [-0.2, -0.15) is 0 Å². The van der Waals surface area contributed by atoms with E-state index in [4.69, 9.17) is 4.74 Å². The van der Waals surface area contributed by atoms with Crippen LogP contribution in [0.3, 0.4) is 0 Å². The van der Waals surface area contributed by atoms with Crippen LogP contribution in [0, 0.1) is 13.8 Å². The minimum atomic E-state index is -3.89. The molecule has 0 saturated carbocycles. The Balaban J connectivity index is 2.35. The van der Waals surface area contributed by atoms with Gasteiger partial charge in [0.25, 0.3) is 10.0 Å². The van der Waals surface area contributed by atoms with E-state index in [-0.39, 0.29) is 22.0 Å². The van der Waals surface area contributed by atoms with Gasteiger partial charge >= 0.3 is 5.97 Å². The van der Waals surface area contributed by atoms with Crippen molar-refractivity contribution in [3.05, 3.63) is 47.2 Å². The van der Waals surface area contributed by atoms with Crippen molar-refractivity contribution < 1.29 is 22.7 Å². The number of nitrogens with one attached hydrogen (secondary N) is 1. The molecule has 0 aliphatic heterocycles. The number of esters is 1. The van der Waals surface area contributed by atoms with Gasteiger partial charge in [-0.15, -0.1) is 0 Å². The van der Waals surface area contributed by atoms with E-state index in [1.54, 1.807) is 12.1 Å². The molecule has 8 heteroatoms. The average Bonchev–Trinajstić information content (AvgIpc) is 2.56. The van der Waals surface area contributed by atoms with E-state index in [0.717, 1.165) is 11.1 Å². The number of hydrogen-bond acceptors (Lipinski definition) is 6. The summed E-state index contributed by atoms with van der Waals surface area (Å²) < 4.78 is 37.3. The lowest BCUT2D eigenvalue weighted by Crippen LogP contribution is -2.15. The molecule has 7 nitrogen and oxygen atoms in total. The topological polar surface area (TPSA) is 94.6 Å². The molecule has 0 aliphatic rings. The van der Waals surface area contributed by atoms with Crippen molar-refractivity contribution in [1.29, 1.82) is 0 Å². The summed E-state index contributed by atoms with van der Waals surface area (Å²) in [6, 6.07) is 6.02. The Bertz CT molecular complexity index is 861. The zero-order valence-corrected chi connectivity index (χ0v) is 14.6. The van der Waals surface area contributed by atoms with Crippen molar-refractivity contribution in [3.63, 3.8) is 0 Å². The second kappa shape index (κ2) is 6.88. The van der Waals surface area contributed by atoms with Crippen molar-refractivity contribution in [2.75, 3.05) is 18.9 Å². The number of anilines is 1. The zero-order valence-electron chi connectivity index (χ0n) is 13.8. The molecule has 0 spiro atoms. The molecule has 1 N–H and O–H groups in total. The van der Waals surface area contributed by atoms with Gasteiger partial charge in [0.15, 0.2) is 0 Å². The fourth-order valence-corrected chi connectivity index (χ4v) is 3.26. The van der Waals surface area contributed by atoms with E-state index < -0.39 is 16.0 Å². The van der Waals surface area contributed by atoms with E-state index in [9.17, 15) is 13.2 Å². The highest BCUT2D eigenvalue weighted by Gasteiger charge is 2.21. The average molecular weight is 350 g/mol. The highest BCUT2D eigenvalue weighted by atomic mass is 32.2. The third kappa shape index (κ3) is 3.65. The van der Waals surface area contributed by atoms with E-state index in [2.05, 4.69) is 14.4 Å². The van der Waals surface area contributed by atoms with Crippen LogP contribution in [-0.2, 0) is 14.8 Å². The first-order valence-electron chi connectivity index (χ1n) is 7.01. The second-order valence-corrected chi connectivity index (χ2v) is 6.77. The number of hydrogen-bond donors (Lipinski definition) is 1. The molecule has 2 aromatic rings. The number of aryl methyl sites for hydroxylation is 2. The molecule has 0 atom stereocenters. The molecule has 0 radical (unpaired) electrons. The molecule has 0 amide bonds. The lowest BCUT2D eigenvalue weighted by molar-refractivity contribution is 0.0600. The fourth-order valence-electron chi connectivity index (χ4n) is 2.02. The first-order chi connectivity index (χ1) is 11.3. The number of aromatic nitrogens is 1. The Morgan fingerprint density at radius 3 is 2.33 bits per heavy atom. The first kappa shape index (κ1) is 17.7. The zero-order chi connectivity index (χ0) is 17.9. The van der Waals surface area contributed by atoms with Crippen LogP contribution in [0.25, 0.3) is 0 Å². The number of carbonyl (C=O) groups excluding carboxylic acids is 1. The molecule has 1 heterocycles. The largest absolute Gasteiger partial charge is 0.495 e. The van der Waals surface area contributed by atoms with E-state index >= 15 is 0 Å². The van der Waals surface area contributed by atoms with Crippen molar-refractivity contribution >= 4 is 21.8 Å². The number of sulfonamides is 1. The number of pyridine rings is 1. The Kier molecular flexibility index (Phi) is 5.08. The highest BCUT2D eigenvalue weighted by molar-refractivity contribution is 7.92. The Hall–Kier alpha value is -2.61. The van der Waals surface area contributed by atoms with Crippen molar-refractivity contribution in [2.24, 2.45) is 0 Å². The summed E-state index contributed by atoms with van der Waals surface area (Å²) in [7, 11) is -1.22. The monoisotopic (exact) mass is 350 g/mol. The number of ether oxygens (including phenoxy) is 2. The maximum atomic E-state index is 12.6. The molecular weight excluding hydrogens is 332 g/mol. The molecule has 128 valence electrons. The smallest absolute Gasteiger partial charge is 0.339 e. The summed E-state index contributed by atoms with van der Waals surface area (Å²) in [6.07, 6.45) is 1.24. The lowest BCUT2D eigenvalue weighted by Gasteiger charge is -2.13. The normalized spacial score (nSPS) is 11.0. The predicted octanol–water partition coefficient (Wildman–Crippen LogP) is 2.29. The van der Waals surface area contributed by atoms with Gasteiger partial charge in [-0.25, -0.2) is 18.2 Å². The fraction of sp³-hybridized carbons (Fsp3) is 0.250. The number of rotatable bonds is 5. The molecule has 0 bridgehead atoms. The molecule has 1 aromatic heterocycles. The summed E-state index contributed by atoms with van der Waals surface area (Å²) in [5, 5.41) is 0. The molecule has 2 rings (SSSR count). The summed E-state index contributed by atoms with van der Waals surface area (Å²) in [4.78, 5) is 15.3. The van der Waals surface area contributed by atoms with Crippen LogP contribution in [0.5, 0.6) is 5.75 Å². The van der Waals surface area contributed by atoms with Gasteiger partial charge in [0, 0.05) is 6.20 Å².